The molecule has 2 rings (SSSR count). The van der Waals surface area contributed by atoms with Crippen molar-refractivity contribution in [3.05, 3.63) is 58.3 Å². The first-order valence-corrected chi connectivity index (χ1v) is 6.53. The van der Waals surface area contributed by atoms with Crippen LogP contribution in [0.15, 0.2) is 47.2 Å². The Morgan fingerprint density at radius 1 is 1.33 bits per heavy atom. The molecule has 0 amide bonds. The molecule has 2 N–H and O–H groups in total. The van der Waals surface area contributed by atoms with Crippen LogP contribution in [0.25, 0.3) is 0 Å². The van der Waals surface area contributed by atoms with E-state index in [2.05, 4.69) is 26.2 Å². The Morgan fingerprint density at radius 2 is 2.11 bits per heavy atom. The zero-order valence-corrected chi connectivity index (χ0v) is 11.7. The molecule has 0 aliphatic heterocycles. The average molecular weight is 307 g/mol. The molecule has 0 radical (unpaired) electrons. The number of hydrogen-bond donors (Lipinski definition) is 2. The van der Waals surface area contributed by atoms with Crippen molar-refractivity contribution < 1.29 is 5.11 Å². The molecule has 1 aromatic carbocycles. The van der Waals surface area contributed by atoms with Gasteiger partial charge < -0.3 is 10.4 Å². The van der Waals surface area contributed by atoms with Crippen molar-refractivity contribution in [3.8, 4) is 0 Å². The van der Waals surface area contributed by atoms with Crippen molar-refractivity contribution in [2.75, 3.05) is 11.9 Å². The first-order chi connectivity index (χ1) is 8.70. The van der Waals surface area contributed by atoms with Gasteiger partial charge in [0.05, 0.1) is 12.6 Å². The van der Waals surface area contributed by atoms with Gasteiger partial charge in [-0.2, -0.15) is 0 Å². The van der Waals surface area contributed by atoms with E-state index in [0.717, 1.165) is 21.3 Å². The summed E-state index contributed by atoms with van der Waals surface area (Å²) in [5, 5.41) is 12.8. The normalized spacial score (nSPS) is 12.2. The summed E-state index contributed by atoms with van der Waals surface area (Å²) in [6.45, 7) is 2.06. The van der Waals surface area contributed by atoms with Crippen LogP contribution in [0.3, 0.4) is 0 Å². The zero-order chi connectivity index (χ0) is 13.0. The maximum Gasteiger partial charge on any atom is 0.0760 e. The van der Waals surface area contributed by atoms with Gasteiger partial charge in [-0.15, -0.1) is 0 Å². The molecular formula is C14H15BrN2O. The highest BCUT2D eigenvalue weighted by atomic mass is 79.9. The molecule has 1 heterocycles. The molecule has 1 aromatic heterocycles. The Bertz CT molecular complexity index is 531. The number of aliphatic hydroxyl groups excluding tert-OH is 1. The second-order valence-corrected chi connectivity index (χ2v) is 5.05. The van der Waals surface area contributed by atoms with Crippen LogP contribution in [-0.4, -0.2) is 16.7 Å². The first-order valence-electron chi connectivity index (χ1n) is 5.74. The van der Waals surface area contributed by atoms with Crippen LogP contribution < -0.4 is 5.32 Å². The maximum absolute atomic E-state index is 9.52. The largest absolute Gasteiger partial charge is 0.394 e. The summed E-state index contributed by atoms with van der Waals surface area (Å²) in [6, 6.07) is 9.81. The molecular weight excluding hydrogens is 292 g/mol. The second kappa shape index (κ2) is 5.98. The van der Waals surface area contributed by atoms with Gasteiger partial charge in [-0.3, -0.25) is 4.98 Å². The summed E-state index contributed by atoms with van der Waals surface area (Å²) >= 11 is 3.39. The molecule has 18 heavy (non-hydrogen) atoms. The fourth-order valence-electron chi connectivity index (χ4n) is 1.78. The van der Waals surface area contributed by atoms with Crippen molar-refractivity contribution in [2.24, 2.45) is 0 Å². The molecule has 0 aliphatic carbocycles. The van der Waals surface area contributed by atoms with Gasteiger partial charge in [0.15, 0.2) is 0 Å². The number of aromatic nitrogens is 1. The molecule has 3 nitrogen and oxygen atoms in total. The Hall–Kier alpha value is -1.39. The number of benzene rings is 1. The van der Waals surface area contributed by atoms with Gasteiger partial charge >= 0.3 is 0 Å². The third-order valence-corrected chi connectivity index (χ3v) is 3.22. The minimum absolute atomic E-state index is 0.0203. The molecule has 0 saturated carbocycles. The smallest absolute Gasteiger partial charge is 0.0760 e. The van der Waals surface area contributed by atoms with E-state index in [1.165, 1.54) is 0 Å². The number of para-hydroxylation sites is 1. The summed E-state index contributed by atoms with van der Waals surface area (Å²) in [6.07, 6.45) is 3.49. The van der Waals surface area contributed by atoms with E-state index in [1.807, 2.05) is 37.3 Å². The van der Waals surface area contributed by atoms with Crippen molar-refractivity contribution in [3.63, 3.8) is 0 Å². The van der Waals surface area contributed by atoms with E-state index in [4.69, 9.17) is 0 Å². The highest BCUT2D eigenvalue weighted by Crippen LogP contribution is 2.23. The maximum atomic E-state index is 9.52. The second-order valence-electron chi connectivity index (χ2n) is 4.13. The fraction of sp³-hybridized carbons (Fsp3) is 0.214. The van der Waals surface area contributed by atoms with Gasteiger partial charge in [-0.1, -0.05) is 18.2 Å². The van der Waals surface area contributed by atoms with Gasteiger partial charge in [0.2, 0.25) is 0 Å². The molecule has 1 unspecified atom stereocenters. The summed E-state index contributed by atoms with van der Waals surface area (Å²) in [5.41, 5.74) is 3.13. The molecule has 2 aromatic rings. The van der Waals surface area contributed by atoms with Crippen LogP contribution in [0.1, 0.15) is 17.2 Å². The quantitative estimate of drug-likeness (QED) is 0.911. The number of aryl methyl sites for hydroxylation is 1. The minimum Gasteiger partial charge on any atom is -0.394 e. The van der Waals surface area contributed by atoms with E-state index in [1.54, 1.807) is 12.4 Å². The van der Waals surface area contributed by atoms with Gasteiger partial charge in [-0.25, -0.2) is 0 Å². The van der Waals surface area contributed by atoms with Crippen LogP contribution in [0.4, 0.5) is 5.69 Å². The number of halogens is 1. The fourth-order valence-corrected chi connectivity index (χ4v) is 2.16. The average Bonchev–Trinajstić information content (AvgIpc) is 2.38. The van der Waals surface area contributed by atoms with E-state index in [0.29, 0.717) is 0 Å². The number of nitrogens with zero attached hydrogens (tertiary/aromatic N) is 1. The topological polar surface area (TPSA) is 45.1 Å². The van der Waals surface area contributed by atoms with Crippen molar-refractivity contribution in [1.82, 2.24) is 4.98 Å². The summed E-state index contributed by atoms with van der Waals surface area (Å²) in [5.74, 6) is 0. The molecule has 0 bridgehead atoms. The van der Waals surface area contributed by atoms with Crippen LogP contribution in [-0.2, 0) is 0 Å². The van der Waals surface area contributed by atoms with Crippen LogP contribution >= 0.6 is 15.9 Å². The van der Waals surface area contributed by atoms with Gasteiger partial charge in [0.25, 0.3) is 0 Å². The van der Waals surface area contributed by atoms with Crippen molar-refractivity contribution >= 4 is 21.6 Å². The van der Waals surface area contributed by atoms with Gasteiger partial charge in [0.1, 0.15) is 0 Å². The number of pyridine rings is 1. The van der Waals surface area contributed by atoms with E-state index in [-0.39, 0.29) is 12.6 Å². The lowest BCUT2D eigenvalue weighted by Gasteiger charge is -2.19. The number of rotatable bonds is 4. The van der Waals surface area contributed by atoms with Gasteiger partial charge in [0, 0.05) is 22.6 Å². The third-order valence-electron chi connectivity index (χ3n) is 2.79. The Morgan fingerprint density at radius 3 is 2.78 bits per heavy atom. The molecule has 0 aliphatic rings. The van der Waals surface area contributed by atoms with E-state index in [9.17, 15) is 5.11 Å². The number of nitrogens with one attached hydrogen (secondary N) is 1. The Balaban J connectivity index is 2.23. The third kappa shape index (κ3) is 3.09. The molecule has 94 valence electrons. The summed E-state index contributed by atoms with van der Waals surface area (Å²) in [4.78, 5) is 4.12. The van der Waals surface area contributed by atoms with E-state index >= 15 is 0 Å². The van der Waals surface area contributed by atoms with Crippen LogP contribution in [0, 0.1) is 6.92 Å². The van der Waals surface area contributed by atoms with Crippen LogP contribution in [0.5, 0.6) is 0 Å². The summed E-state index contributed by atoms with van der Waals surface area (Å²) in [7, 11) is 0. The zero-order valence-electron chi connectivity index (χ0n) is 10.1. The first kappa shape index (κ1) is 13.1. The standard InChI is InChI=1S/C14H15BrN2O/c1-10-4-2-3-5-13(10)17-14(9-18)11-6-12(15)8-16-7-11/h2-8,14,17-18H,9H2,1H3. The predicted molar refractivity (Wildman–Crippen MR) is 76.6 cm³/mol. The van der Waals surface area contributed by atoms with Crippen molar-refractivity contribution in [1.29, 1.82) is 0 Å². The summed E-state index contributed by atoms with van der Waals surface area (Å²) < 4.78 is 0.907. The molecule has 1 atom stereocenters. The van der Waals surface area contributed by atoms with Crippen LogP contribution in [0.2, 0.25) is 0 Å². The van der Waals surface area contributed by atoms with Gasteiger partial charge in [-0.05, 0) is 46.1 Å². The molecule has 4 heteroatoms. The van der Waals surface area contributed by atoms with Crippen molar-refractivity contribution in [2.45, 2.75) is 13.0 Å². The lowest BCUT2D eigenvalue weighted by molar-refractivity contribution is 0.276. The Kier molecular flexibility index (Phi) is 4.33. The number of aliphatic hydroxyl groups is 1. The predicted octanol–water partition coefficient (Wildman–Crippen LogP) is 3.30. The minimum atomic E-state index is -0.156. The lowest BCUT2D eigenvalue weighted by atomic mass is 10.1. The SMILES string of the molecule is Cc1ccccc1NC(CO)c1cncc(Br)c1. The monoisotopic (exact) mass is 306 g/mol. The molecule has 0 spiro atoms. The number of hydrogen-bond acceptors (Lipinski definition) is 3. The molecule has 0 saturated heterocycles. The highest BCUT2D eigenvalue weighted by molar-refractivity contribution is 9.10. The molecule has 0 fully saturated rings. The Labute approximate surface area is 115 Å². The van der Waals surface area contributed by atoms with E-state index < -0.39 is 0 Å². The highest BCUT2D eigenvalue weighted by Gasteiger charge is 2.11. The number of anilines is 1. The lowest BCUT2D eigenvalue weighted by Crippen LogP contribution is -2.15.